The molecule has 1 N–H and O–H groups in total. The molecule has 0 amide bonds. The highest BCUT2D eigenvalue weighted by Gasteiger charge is 2.24. The maximum Gasteiger partial charge on any atom is 0.372 e. The average Bonchev–Trinajstić information content (AvgIpc) is 3.01. The van der Waals surface area contributed by atoms with Crippen molar-refractivity contribution in [3.05, 3.63) is 21.7 Å². The SMILES string of the molecule is O=[N+]([O-])c1c(NCC2CCOC2)nc2sccn12. The van der Waals surface area contributed by atoms with E-state index in [1.54, 1.807) is 11.6 Å². The van der Waals surface area contributed by atoms with Crippen LogP contribution in [-0.4, -0.2) is 34.1 Å². The number of ether oxygens (including phenoxy) is 1. The van der Waals surface area contributed by atoms with Gasteiger partial charge < -0.3 is 20.2 Å². The first kappa shape index (κ1) is 11.4. The van der Waals surface area contributed by atoms with Crippen LogP contribution in [0.3, 0.4) is 0 Å². The minimum absolute atomic E-state index is 0.00478. The third-order valence-corrected chi connectivity index (χ3v) is 3.75. The Balaban J connectivity index is 1.83. The number of hydrogen-bond acceptors (Lipinski definition) is 6. The van der Waals surface area contributed by atoms with Crippen molar-refractivity contribution in [3.63, 3.8) is 0 Å². The van der Waals surface area contributed by atoms with Crippen molar-refractivity contribution >= 4 is 27.9 Å². The lowest BCUT2D eigenvalue weighted by atomic mass is 10.1. The fourth-order valence-corrected chi connectivity index (χ4v) is 2.76. The Labute approximate surface area is 107 Å². The standard InChI is InChI=1S/C10H12N4O3S/c15-14(16)9-8(11-5-7-1-3-17-6-7)12-10-13(9)2-4-18-10/h2,4,7,11H,1,3,5-6H2. The Bertz CT molecular complexity index is 573. The van der Waals surface area contributed by atoms with Gasteiger partial charge in [-0.3, -0.25) is 0 Å². The van der Waals surface area contributed by atoms with Gasteiger partial charge in [-0.15, -0.1) is 0 Å². The average molecular weight is 268 g/mol. The molecule has 0 aromatic carbocycles. The van der Waals surface area contributed by atoms with Crippen LogP contribution in [0.4, 0.5) is 11.6 Å². The number of aromatic nitrogens is 2. The highest BCUT2D eigenvalue weighted by Crippen LogP contribution is 2.28. The summed E-state index contributed by atoms with van der Waals surface area (Å²) in [6, 6.07) is 0. The summed E-state index contributed by atoms with van der Waals surface area (Å²) in [5.41, 5.74) is 0. The number of nitrogens with zero attached hydrogens (tertiary/aromatic N) is 3. The molecule has 1 unspecified atom stereocenters. The van der Waals surface area contributed by atoms with Crippen molar-refractivity contribution in [1.82, 2.24) is 9.38 Å². The van der Waals surface area contributed by atoms with Crippen molar-refractivity contribution < 1.29 is 9.66 Å². The van der Waals surface area contributed by atoms with E-state index in [9.17, 15) is 10.1 Å². The van der Waals surface area contributed by atoms with Gasteiger partial charge in [0.05, 0.1) is 6.61 Å². The quantitative estimate of drug-likeness (QED) is 0.675. The van der Waals surface area contributed by atoms with Gasteiger partial charge in [-0.25, -0.2) is 0 Å². The lowest BCUT2D eigenvalue weighted by molar-refractivity contribution is -0.389. The molecule has 2 aromatic rings. The molecule has 3 heterocycles. The van der Waals surface area contributed by atoms with E-state index in [4.69, 9.17) is 4.74 Å². The summed E-state index contributed by atoms with van der Waals surface area (Å²) in [4.78, 5) is 15.5. The number of imidazole rings is 1. The Morgan fingerprint density at radius 1 is 1.72 bits per heavy atom. The molecule has 0 saturated carbocycles. The fourth-order valence-electron chi connectivity index (χ4n) is 2.05. The zero-order valence-corrected chi connectivity index (χ0v) is 10.4. The summed E-state index contributed by atoms with van der Waals surface area (Å²) in [6.45, 7) is 2.14. The molecule has 0 radical (unpaired) electrons. The summed E-state index contributed by atoms with van der Waals surface area (Å²) in [5, 5.41) is 15.9. The molecule has 7 nitrogen and oxygen atoms in total. The molecule has 1 atom stereocenters. The first-order chi connectivity index (χ1) is 8.75. The lowest BCUT2D eigenvalue weighted by Gasteiger charge is -2.07. The van der Waals surface area contributed by atoms with E-state index >= 15 is 0 Å². The second kappa shape index (κ2) is 4.54. The van der Waals surface area contributed by atoms with Crippen LogP contribution in [-0.2, 0) is 4.74 Å². The van der Waals surface area contributed by atoms with Crippen LogP contribution in [0.15, 0.2) is 11.6 Å². The van der Waals surface area contributed by atoms with Crippen LogP contribution >= 0.6 is 11.3 Å². The molecular formula is C10H12N4O3S. The van der Waals surface area contributed by atoms with E-state index in [2.05, 4.69) is 10.3 Å². The number of nitro groups is 1. The maximum atomic E-state index is 11.1. The van der Waals surface area contributed by atoms with Crippen molar-refractivity contribution in [3.8, 4) is 0 Å². The smallest absolute Gasteiger partial charge is 0.372 e. The molecule has 8 heteroatoms. The second-order valence-electron chi connectivity index (χ2n) is 4.21. The van der Waals surface area contributed by atoms with Crippen LogP contribution in [0.1, 0.15) is 6.42 Å². The fraction of sp³-hybridized carbons (Fsp3) is 0.500. The number of fused-ring (bicyclic) bond motifs is 1. The number of rotatable bonds is 4. The first-order valence-electron chi connectivity index (χ1n) is 5.67. The minimum Gasteiger partial charge on any atom is -0.381 e. The molecule has 96 valence electrons. The predicted molar refractivity (Wildman–Crippen MR) is 67.1 cm³/mol. The number of hydrogen-bond donors (Lipinski definition) is 1. The number of thiazole rings is 1. The molecule has 18 heavy (non-hydrogen) atoms. The van der Waals surface area contributed by atoms with Gasteiger partial charge in [-0.05, 0) is 11.3 Å². The summed E-state index contributed by atoms with van der Waals surface area (Å²) in [6.07, 6.45) is 2.65. The van der Waals surface area contributed by atoms with Crippen molar-refractivity contribution in [2.45, 2.75) is 6.42 Å². The summed E-state index contributed by atoms with van der Waals surface area (Å²) in [7, 11) is 0. The molecule has 1 aliphatic rings. The van der Waals surface area contributed by atoms with E-state index in [1.165, 1.54) is 15.7 Å². The van der Waals surface area contributed by atoms with E-state index < -0.39 is 4.92 Å². The molecule has 0 aliphatic carbocycles. The molecular weight excluding hydrogens is 256 g/mol. The topological polar surface area (TPSA) is 81.7 Å². The third-order valence-electron chi connectivity index (χ3n) is 2.99. The largest absolute Gasteiger partial charge is 0.381 e. The van der Waals surface area contributed by atoms with Gasteiger partial charge in [0.1, 0.15) is 6.20 Å². The van der Waals surface area contributed by atoms with Gasteiger partial charge in [0.25, 0.3) is 4.96 Å². The predicted octanol–water partition coefficient (Wildman–Crippen LogP) is 1.75. The Hall–Kier alpha value is -1.67. The highest BCUT2D eigenvalue weighted by molar-refractivity contribution is 7.15. The van der Waals surface area contributed by atoms with E-state index in [0.717, 1.165) is 13.0 Å². The molecule has 3 rings (SSSR count). The van der Waals surface area contributed by atoms with Crippen LogP contribution < -0.4 is 5.32 Å². The van der Waals surface area contributed by atoms with E-state index in [-0.39, 0.29) is 5.82 Å². The van der Waals surface area contributed by atoms with E-state index in [0.29, 0.717) is 29.8 Å². The van der Waals surface area contributed by atoms with Crippen molar-refractivity contribution in [2.24, 2.45) is 5.92 Å². The minimum atomic E-state index is -0.403. The van der Waals surface area contributed by atoms with Gasteiger partial charge in [0, 0.05) is 24.4 Å². The second-order valence-corrected chi connectivity index (χ2v) is 5.08. The van der Waals surface area contributed by atoms with Crippen molar-refractivity contribution in [2.75, 3.05) is 25.1 Å². The summed E-state index contributed by atoms with van der Waals surface area (Å²) < 4.78 is 6.77. The van der Waals surface area contributed by atoms with Gasteiger partial charge >= 0.3 is 5.82 Å². The molecule has 1 aliphatic heterocycles. The molecule has 2 aromatic heterocycles. The summed E-state index contributed by atoms with van der Waals surface area (Å²) >= 11 is 1.38. The highest BCUT2D eigenvalue weighted by atomic mass is 32.1. The van der Waals surface area contributed by atoms with Crippen molar-refractivity contribution in [1.29, 1.82) is 0 Å². The molecule has 1 saturated heterocycles. The van der Waals surface area contributed by atoms with Crippen LogP contribution in [0.5, 0.6) is 0 Å². The monoisotopic (exact) mass is 268 g/mol. The van der Waals surface area contributed by atoms with Crippen LogP contribution in [0.2, 0.25) is 0 Å². The van der Waals surface area contributed by atoms with E-state index in [1.807, 2.05) is 0 Å². The zero-order chi connectivity index (χ0) is 12.5. The van der Waals surface area contributed by atoms with Gasteiger partial charge in [0.15, 0.2) is 0 Å². The Morgan fingerprint density at radius 3 is 3.33 bits per heavy atom. The van der Waals surface area contributed by atoms with Gasteiger partial charge in [-0.2, -0.15) is 9.38 Å². The molecule has 1 fully saturated rings. The normalized spacial score (nSPS) is 19.4. The van der Waals surface area contributed by atoms with Crippen LogP contribution in [0.25, 0.3) is 4.96 Å². The van der Waals surface area contributed by atoms with Crippen LogP contribution in [0, 0.1) is 16.0 Å². The first-order valence-corrected chi connectivity index (χ1v) is 6.55. The third kappa shape index (κ3) is 1.93. The lowest BCUT2D eigenvalue weighted by Crippen LogP contribution is -2.15. The number of anilines is 1. The Kier molecular flexibility index (Phi) is 2.88. The van der Waals surface area contributed by atoms with Gasteiger partial charge in [-0.1, -0.05) is 11.3 Å². The molecule has 0 bridgehead atoms. The van der Waals surface area contributed by atoms with Gasteiger partial charge in [0.2, 0.25) is 5.82 Å². The zero-order valence-electron chi connectivity index (χ0n) is 9.54. The number of nitrogens with one attached hydrogen (secondary N) is 1. The Morgan fingerprint density at radius 2 is 2.61 bits per heavy atom. The molecule has 0 spiro atoms. The summed E-state index contributed by atoms with van der Waals surface area (Å²) in [5.74, 6) is 0.758. The maximum absolute atomic E-state index is 11.1.